The Morgan fingerprint density at radius 3 is 2.21 bits per heavy atom. The van der Waals surface area contributed by atoms with E-state index in [1.54, 1.807) is 0 Å². The lowest BCUT2D eigenvalue weighted by Crippen LogP contribution is -2.60. The first kappa shape index (κ1) is 20.1. The van der Waals surface area contributed by atoms with Gasteiger partial charge in [-0.05, 0) is 6.42 Å². The van der Waals surface area contributed by atoms with Gasteiger partial charge in [0.2, 0.25) is 6.29 Å². The van der Waals surface area contributed by atoms with Crippen LogP contribution < -0.4 is 5.32 Å². The van der Waals surface area contributed by atoms with Gasteiger partial charge in [0.15, 0.2) is 0 Å². The Kier molecular flexibility index (Phi) is 7.31. The third kappa shape index (κ3) is 5.28. The second-order valence-corrected chi connectivity index (χ2v) is 5.07. The van der Waals surface area contributed by atoms with E-state index in [0.29, 0.717) is 0 Å². The van der Waals surface area contributed by atoms with Gasteiger partial charge in [-0.25, -0.2) is 9.59 Å². The minimum absolute atomic E-state index is 0.408. The number of carbonyl (C=O) groups is 3. The van der Waals surface area contributed by atoms with Gasteiger partial charge < -0.3 is 45.4 Å². The molecule has 12 nitrogen and oxygen atoms in total. The number of hydrogen-bond acceptors (Lipinski definition) is 9. The normalized spacial score (nSPS) is 31.1. The molecule has 1 aliphatic heterocycles. The molecular weight excluding hydrogens is 334 g/mol. The first-order chi connectivity index (χ1) is 11.2. The van der Waals surface area contributed by atoms with Crippen LogP contribution in [0.1, 0.15) is 12.8 Å². The molecule has 138 valence electrons. The van der Waals surface area contributed by atoms with Gasteiger partial charge >= 0.3 is 18.0 Å². The Morgan fingerprint density at radius 2 is 1.71 bits per heavy atom. The van der Waals surface area contributed by atoms with Crippen LogP contribution in [0.15, 0.2) is 0 Å². The molecule has 0 aromatic heterocycles. The minimum Gasteiger partial charge on any atom is -0.481 e. The molecule has 0 spiro atoms. The van der Waals surface area contributed by atoms with E-state index in [0.717, 1.165) is 0 Å². The number of aliphatic carboxylic acids is 2. The molecule has 1 heterocycles. The van der Waals surface area contributed by atoms with Crippen molar-refractivity contribution in [2.45, 2.75) is 49.6 Å². The lowest BCUT2D eigenvalue weighted by molar-refractivity contribution is -0.285. The predicted octanol–water partition coefficient (Wildman–Crippen LogP) is -3.17. The third-order valence-electron chi connectivity index (χ3n) is 3.31. The van der Waals surface area contributed by atoms with Crippen molar-refractivity contribution in [2.75, 3.05) is 6.61 Å². The van der Waals surface area contributed by atoms with Crippen LogP contribution in [0, 0.1) is 0 Å². The number of hydrogen-bond donors (Lipinski definition) is 7. The largest absolute Gasteiger partial charge is 0.481 e. The quantitative estimate of drug-likeness (QED) is 0.243. The van der Waals surface area contributed by atoms with Crippen molar-refractivity contribution in [1.82, 2.24) is 5.32 Å². The lowest BCUT2D eigenvalue weighted by Gasteiger charge is -2.39. The highest BCUT2D eigenvalue weighted by atomic mass is 16.7. The molecule has 0 bridgehead atoms. The molecule has 1 rings (SSSR count). The number of carbonyl (C=O) groups excluding carboxylic acids is 1. The number of amides is 1. The van der Waals surface area contributed by atoms with Crippen LogP contribution in [0.25, 0.3) is 0 Å². The molecule has 1 amide bonds. The summed E-state index contributed by atoms with van der Waals surface area (Å²) in [6.45, 7) is -0.733. The van der Waals surface area contributed by atoms with Gasteiger partial charge in [0.25, 0.3) is 0 Å². The van der Waals surface area contributed by atoms with Crippen LogP contribution in [-0.2, 0) is 19.1 Å². The van der Waals surface area contributed by atoms with E-state index < -0.39 is 74.2 Å². The van der Waals surface area contributed by atoms with Crippen molar-refractivity contribution in [3.8, 4) is 0 Å². The number of alkyl carbamates (subject to hydrolysis) is 1. The van der Waals surface area contributed by atoms with Crippen LogP contribution in [0.5, 0.6) is 0 Å². The summed E-state index contributed by atoms with van der Waals surface area (Å²) in [5.41, 5.74) is 0. The monoisotopic (exact) mass is 353 g/mol. The van der Waals surface area contributed by atoms with Crippen molar-refractivity contribution >= 4 is 18.0 Å². The molecule has 0 saturated carbocycles. The Balaban J connectivity index is 2.64. The SMILES string of the molecule is O=C(O)CC[C@H](NC(=O)OC1O[C@H](CO)[C@@H](O)[C@H](O)[C@H]1O)C(=O)O. The second kappa shape index (κ2) is 8.75. The number of rotatable bonds is 7. The average molecular weight is 353 g/mol. The number of aliphatic hydroxyl groups excluding tert-OH is 4. The van der Waals surface area contributed by atoms with Crippen LogP contribution >= 0.6 is 0 Å². The molecule has 0 aromatic carbocycles. The van der Waals surface area contributed by atoms with Crippen molar-refractivity contribution in [3.05, 3.63) is 0 Å². The molecule has 1 saturated heterocycles. The molecule has 0 radical (unpaired) electrons. The minimum atomic E-state index is -1.84. The maximum absolute atomic E-state index is 11.7. The number of nitrogens with one attached hydrogen (secondary N) is 1. The fourth-order valence-electron chi connectivity index (χ4n) is 1.97. The van der Waals surface area contributed by atoms with E-state index in [9.17, 15) is 29.7 Å². The highest BCUT2D eigenvalue weighted by Gasteiger charge is 2.45. The number of ether oxygens (including phenoxy) is 2. The zero-order valence-electron chi connectivity index (χ0n) is 12.3. The Hall–Kier alpha value is -1.99. The summed E-state index contributed by atoms with van der Waals surface area (Å²) in [6, 6.07) is -1.56. The van der Waals surface area contributed by atoms with Crippen molar-refractivity contribution in [3.63, 3.8) is 0 Å². The van der Waals surface area contributed by atoms with Gasteiger partial charge in [0, 0.05) is 6.42 Å². The second-order valence-electron chi connectivity index (χ2n) is 5.07. The summed E-state index contributed by atoms with van der Waals surface area (Å²) < 4.78 is 9.53. The number of carboxylic acid groups (broad SMARTS) is 2. The Bertz CT molecular complexity index is 468. The van der Waals surface area contributed by atoms with Gasteiger partial charge in [-0.3, -0.25) is 4.79 Å². The van der Waals surface area contributed by atoms with E-state index in [4.69, 9.17) is 20.1 Å². The molecule has 6 atom stereocenters. The van der Waals surface area contributed by atoms with Crippen molar-refractivity contribution < 1.29 is 54.5 Å². The molecule has 1 unspecified atom stereocenters. The van der Waals surface area contributed by atoms with Crippen molar-refractivity contribution in [1.29, 1.82) is 0 Å². The fourth-order valence-corrected chi connectivity index (χ4v) is 1.97. The van der Waals surface area contributed by atoms with Crippen molar-refractivity contribution in [2.24, 2.45) is 0 Å². The molecule has 12 heteroatoms. The molecule has 24 heavy (non-hydrogen) atoms. The summed E-state index contributed by atoms with van der Waals surface area (Å²) in [7, 11) is 0. The third-order valence-corrected chi connectivity index (χ3v) is 3.31. The summed E-state index contributed by atoms with van der Waals surface area (Å²) in [5, 5.41) is 57.1. The maximum Gasteiger partial charge on any atom is 0.410 e. The Labute approximate surface area is 135 Å². The van der Waals surface area contributed by atoms with Gasteiger partial charge in [-0.1, -0.05) is 0 Å². The van der Waals surface area contributed by atoms with E-state index in [1.165, 1.54) is 0 Å². The van der Waals surface area contributed by atoms with Crippen LogP contribution in [0.3, 0.4) is 0 Å². The van der Waals surface area contributed by atoms with Gasteiger partial charge in [0.1, 0.15) is 30.5 Å². The predicted molar refractivity (Wildman–Crippen MR) is 71.7 cm³/mol. The molecule has 0 aromatic rings. The Morgan fingerprint density at radius 1 is 1.08 bits per heavy atom. The van der Waals surface area contributed by atoms with E-state index in [-0.39, 0.29) is 0 Å². The molecule has 7 N–H and O–H groups in total. The summed E-state index contributed by atoms with van der Waals surface area (Å²) in [5.74, 6) is -2.76. The summed E-state index contributed by atoms with van der Waals surface area (Å²) in [6.07, 6.45) is -10.6. The van der Waals surface area contributed by atoms with Gasteiger partial charge in [-0.2, -0.15) is 0 Å². The topological polar surface area (TPSA) is 203 Å². The first-order valence-electron chi connectivity index (χ1n) is 6.89. The van der Waals surface area contributed by atoms with E-state index >= 15 is 0 Å². The standard InChI is InChI=1S/C12H19NO11/c14-3-5-7(17)8(18)9(19)11(23-5)24-12(22)13-4(10(20)21)1-2-6(15)16/h4-5,7-9,11,14,17-19H,1-3H2,(H,13,22)(H,15,16)(H,20,21)/t4-,5+,7+,8-,9+,11?/m0/s1. The highest BCUT2D eigenvalue weighted by molar-refractivity contribution is 5.80. The van der Waals surface area contributed by atoms with E-state index in [2.05, 4.69) is 4.74 Å². The first-order valence-corrected chi connectivity index (χ1v) is 6.89. The fraction of sp³-hybridized carbons (Fsp3) is 0.750. The molecular formula is C12H19NO11. The summed E-state index contributed by atoms with van der Waals surface area (Å²) >= 11 is 0. The van der Waals surface area contributed by atoms with Crippen LogP contribution in [0.4, 0.5) is 4.79 Å². The average Bonchev–Trinajstić information content (AvgIpc) is 2.51. The highest BCUT2D eigenvalue weighted by Crippen LogP contribution is 2.22. The molecule has 1 fully saturated rings. The lowest BCUT2D eigenvalue weighted by atomic mass is 9.99. The number of carboxylic acids is 2. The zero-order chi connectivity index (χ0) is 18.4. The van der Waals surface area contributed by atoms with Crippen LogP contribution in [0.2, 0.25) is 0 Å². The molecule has 0 aliphatic carbocycles. The van der Waals surface area contributed by atoms with Gasteiger partial charge in [-0.15, -0.1) is 0 Å². The molecule has 1 aliphatic rings. The number of aliphatic hydroxyl groups is 4. The summed E-state index contributed by atoms with van der Waals surface area (Å²) in [4.78, 5) is 33.0. The smallest absolute Gasteiger partial charge is 0.410 e. The zero-order valence-corrected chi connectivity index (χ0v) is 12.3. The van der Waals surface area contributed by atoms with E-state index in [1.807, 2.05) is 5.32 Å². The van der Waals surface area contributed by atoms with Crippen LogP contribution in [-0.4, -0.2) is 92.0 Å². The van der Waals surface area contributed by atoms with Gasteiger partial charge in [0.05, 0.1) is 6.61 Å². The maximum atomic E-state index is 11.7.